The Morgan fingerprint density at radius 1 is 1.41 bits per heavy atom. The molecule has 2 N–H and O–H groups in total. The molecule has 1 atom stereocenters. The van der Waals surface area contributed by atoms with Crippen molar-refractivity contribution in [2.24, 2.45) is 10.7 Å². The third-order valence-corrected chi connectivity index (χ3v) is 3.60. The molecule has 1 aliphatic heterocycles. The van der Waals surface area contributed by atoms with Crippen molar-refractivity contribution < 1.29 is 0 Å². The van der Waals surface area contributed by atoms with E-state index in [0.717, 1.165) is 25.6 Å². The van der Waals surface area contributed by atoms with Crippen LogP contribution in [0, 0.1) is 0 Å². The zero-order chi connectivity index (χ0) is 12.9. The Labute approximate surface area is 106 Å². The second kappa shape index (κ2) is 6.24. The van der Waals surface area contributed by atoms with Crippen LogP contribution in [-0.4, -0.2) is 55.0 Å². The van der Waals surface area contributed by atoms with E-state index in [-0.39, 0.29) is 5.54 Å². The summed E-state index contributed by atoms with van der Waals surface area (Å²) in [6, 6.07) is 0. The van der Waals surface area contributed by atoms with E-state index in [1.807, 2.05) is 0 Å². The SMILES string of the molecule is CCCCCC1(C)CN=C(N)N1CCN(C)C. The molecule has 0 saturated heterocycles. The maximum Gasteiger partial charge on any atom is 0.191 e. The number of hydrogen-bond donors (Lipinski definition) is 1. The third-order valence-electron chi connectivity index (χ3n) is 3.60. The fourth-order valence-electron chi connectivity index (χ4n) is 2.35. The molecule has 1 heterocycles. The average Bonchev–Trinajstić information content (AvgIpc) is 2.53. The molecule has 0 aromatic rings. The maximum absolute atomic E-state index is 6.00. The molecule has 0 bridgehead atoms. The van der Waals surface area contributed by atoms with Crippen molar-refractivity contribution in [3.8, 4) is 0 Å². The normalized spacial score (nSPS) is 24.5. The van der Waals surface area contributed by atoms with Gasteiger partial charge in [-0.3, -0.25) is 4.99 Å². The predicted octanol–water partition coefficient (Wildman–Crippen LogP) is 1.52. The van der Waals surface area contributed by atoms with Gasteiger partial charge in [0.1, 0.15) is 0 Å². The first kappa shape index (κ1) is 14.3. The highest BCUT2D eigenvalue weighted by atomic mass is 15.4. The van der Waals surface area contributed by atoms with Crippen molar-refractivity contribution >= 4 is 5.96 Å². The van der Waals surface area contributed by atoms with E-state index in [2.05, 4.69) is 42.7 Å². The Morgan fingerprint density at radius 3 is 2.71 bits per heavy atom. The molecule has 0 aliphatic carbocycles. The Kier molecular flexibility index (Phi) is 5.25. The van der Waals surface area contributed by atoms with Gasteiger partial charge in [-0.15, -0.1) is 0 Å². The van der Waals surface area contributed by atoms with Crippen molar-refractivity contribution in [1.82, 2.24) is 9.80 Å². The molecular weight excluding hydrogens is 212 g/mol. The van der Waals surface area contributed by atoms with Crippen LogP contribution in [0.25, 0.3) is 0 Å². The lowest BCUT2D eigenvalue weighted by atomic mass is 9.93. The number of aliphatic imine (C=N–C) groups is 1. The van der Waals surface area contributed by atoms with Crippen LogP contribution in [0.5, 0.6) is 0 Å². The lowest BCUT2D eigenvalue weighted by Crippen LogP contribution is -2.51. The van der Waals surface area contributed by atoms with Crippen molar-refractivity contribution in [2.75, 3.05) is 33.7 Å². The van der Waals surface area contributed by atoms with E-state index in [1.54, 1.807) is 0 Å². The quantitative estimate of drug-likeness (QED) is 0.686. The Balaban J connectivity index is 2.52. The fourth-order valence-corrected chi connectivity index (χ4v) is 2.35. The number of nitrogens with zero attached hydrogens (tertiary/aromatic N) is 3. The molecular formula is C13H28N4. The van der Waals surface area contributed by atoms with Gasteiger partial charge in [-0.05, 0) is 27.4 Å². The molecule has 0 radical (unpaired) electrons. The van der Waals surface area contributed by atoms with Crippen LogP contribution >= 0.6 is 0 Å². The minimum Gasteiger partial charge on any atom is -0.370 e. The van der Waals surface area contributed by atoms with Crippen LogP contribution in [-0.2, 0) is 0 Å². The molecule has 0 saturated carbocycles. The minimum atomic E-state index is 0.148. The number of hydrogen-bond acceptors (Lipinski definition) is 4. The van der Waals surface area contributed by atoms with E-state index in [0.29, 0.717) is 0 Å². The first-order chi connectivity index (χ1) is 7.99. The number of likely N-dealkylation sites (N-methyl/N-ethyl adjacent to an activating group) is 1. The van der Waals surface area contributed by atoms with Gasteiger partial charge >= 0.3 is 0 Å². The molecule has 0 fully saturated rings. The van der Waals surface area contributed by atoms with Crippen molar-refractivity contribution in [2.45, 2.75) is 45.1 Å². The molecule has 0 aromatic carbocycles. The average molecular weight is 240 g/mol. The van der Waals surface area contributed by atoms with Crippen LogP contribution in [0.2, 0.25) is 0 Å². The summed E-state index contributed by atoms with van der Waals surface area (Å²) >= 11 is 0. The zero-order valence-corrected chi connectivity index (χ0v) is 11.9. The van der Waals surface area contributed by atoms with Crippen LogP contribution in [0.15, 0.2) is 4.99 Å². The number of rotatable bonds is 7. The van der Waals surface area contributed by atoms with Gasteiger partial charge < -0.3 is 15.5 Å². The highest BCUT2D eigenvalue weighted by Gasteiger charge is 2.36. The van der Waals surface area contributed by atoms with E-state index in [1.165, 1.54) is 25.7 Å². The summed E-state index contributed by atoms with van der Waals surface area (Å²) in [4.78, 5) is 8.92. The molecule has 17 heavy (non-hydrogen) atoms. The highest BCUT2D eigenvalue weighted by molar-refractivity contribution is 5.80. The van der Waals surface area contributed by atoms with Crippen molar-refractivity contribution in [3.05, 3.63) is 0 Å². The molecule has 1 rings (SSSR count). The number of guanidine groups is 1. The lowest BCUT2D eigenvalue weighted by Gasteiger charge is -2.37. The van der Waals surface area contributed by atoms with Crippen LogP contribution < -0.4 is 5.73 Å². The highest BCUT2D eigenvalue weighted by Crippen LogP contribution is 2.27. The van der Waals surface area contributed by atoms with Crippen LogP contribution in [0.4, 0.5) is 0 Å². The van der Waals surface area contributed by atoms with E-state index < -0.39 is 0 Å². The van der Waals surface area contributed by atoms with Crippen LogP contribution in [0.1, 0.15) is 39.5 Å². The molecule has 0 aromatic heterocycles. The molecule has 0 amide bonds. The standard InChI is InChI=1S/C13H28N4/c1-5-6-7-8-13(2)11-15-12(14)17(13)10-9-16(3)4/h5-11H2,1-4H3,(H2,14,15). The summed E-state index contributed by atoms with van der Waals surface area (Å²) < 4.78 is 0. The molecule has 1 aliphatic rings. The second-order valence-electron chi connectivity index (χ2n) is 5.58. The van der Waals surface area contributed by atoms with E-state index in [9.17, 15) is 0 Å². The van der Waals surface area contributed by atoms with Gasteiger partial charge in [0, 0.05) is 13.1 Å². The zero-order valence-electron chi connectivity index (χ0n) is 11.9. The molecule has 0 spiro atoms. The van der Waals surface area contributed by atoms with Gasteiger partial charge in [0.15, 0.2) is 5.96 Å². The third kappa shape index (κ3) is 3.87. The Bertz CT molecular complexity index is 262. The predicted molar refractivity (Wildman–Crippen MR) is 74.3 cm³/mol. The van der Waals surface area contributed by atoms with Gasteiger partial charge in [0.05, 0.1) is 12.1 Å². The van der Waals surface area contributed by atoms with Gasteiger partial charge in [-0.2, -0.15) is 0 Å². The summed E-state index contributed by atoms with van der Waals surface area (Å²) in [5.41, 5.74) is 6.15. The summed E-state index contributed by atoms with van der Waals surface area (Å²) in [6.45, 7) is 7.40. The largest absolute Gasteiger partial charge is 0.370 e. The summed E-state index contributed by atoms with van der Waals surface area (Å²) in [5.74, 6) is 0.728. The number of nitrogens with two attached hydrogens (primary N) is 1. The number of unbranched alkanes of at least 4 members (excludes halogenated alkanes) is 2. The molecule has 4 nitrogen and oxygen atoms in total. The van der Waals surface area contributed by atoms with Gasteiger partial charge in [0.25, 0.3) is 0 Å². The molecule has 4 heteroatoms. The lowest BCUT2D eigenvalue weighted by molar-refractivity contribution is 0.187. The molecule has 1 unspecified atom stereocenters. The van der Waals surface area contributed by atoms with Crippen molar-refractivity contribution in [3.63, 3.8) is 0 Å². The van der Waals surface area contributed by atoms with Gasteiger partial charge in [0.2, 0.25) is 0 Å². The maximum atomic E-state index is 6.00. The monoisotopic (exact) mass is 240 g/mol. The molecule has 100 valence electrons. The van der Waals surface area contributed by atoms with E-state index in [4.69, 9.17) is 5.73 Å². The topological polar surface area (TPSA) is 44.9 Å². The Morgan fingerprint density at radius 2 is 2.12 bits per heavy atom. The van der Waals surface area contributed by atoms with Gasteiger partial charge in [-0.1, -0.05) is 26.2 Å². The second-order valence-corrected chi connectivity index (χ2v) is 5.58. The van der Waals surface area contributed by atoms with Crippen LogP contribution in [0.3, 0.4) is 0 Å². The summed E-state index contributed by atoms with van der Waals surface area (Å²) in [5, 5.41) is 0. The Hall–Kier alpha value is -0.770. The first-order valence-electron chi connectivity index (χ1n) is 6.72. The first-order valence-corrected chi connectivity index (χ1v) is 6.72. The van der Waals surface area contributed by atoms with Crippen molar-refractivity contribution in [1.29, 1.82) is 0 Å². The van der Waals surface area contributed by atoms with Gasteiger partial charge in [-0.25, -0.2) is 0 Å². The summed E-state index contributed by atoms with van der Waals surface area (Å²) in [7, 11) is 4.19. The minimum absolute atomic E-state index is 0.148. The smallest absolute Gasteiger partial charge is 0.191 e. The summed E-state index contributed by atoms with van der Waals surface area (Å²) in [6.07, 6.45) is 5.04. The van der Waals surface area contributed by atoms with E-state index >= 15 is 0 Å². The fraction of sp³-hybridized carbons (Fsp3) is 0.923.